The van der Waals surface area contributed by atoms with Crippen LogP contribution in [0.3, 0.4) is 0 Å². The molecule has 0 unspecified atom stereocenters. The predicted octanol–water partition coefficient (Wildman–Crippen LogP) is 5.35. The summed E-state index contributed by atoms with van der Waals surface area (Å²) in [6.07, 6.45) is -1.29. The Bertz CT molecular complexity index is 1550. The molecule has 2 saturated heterocycles. The highest BCUT2D eigenvalue weighted by atomic mass is 19.4. The van der Waals surface area contributed by atoms with E-state index >= 15 is 0 Å². The normalized spacial score (nSPS) is 18.1. The van der Waals surface area contributed by atoms with E-state index in [1.54, 1.807) is 25.3 Å². The molecule has 0 saturated carbocycles. The standard InChI is InChI=1S/C33H41F3N8O2/c1-21(2)42-11-9-23(10-12-42)43-13-15-44(16-14-43)24-7-8-28(29(17-24)46-3)40-32-38-20-26(33(34,35)36)31(41-32)37-19-22-5-4-6-27-25(22)18-30(45)39-27/h4-8,17,20-21,23H,9-16,18-19H2,1-3H3,(H,39,45)(H2,37,38,40,41). The van der Waals surface area contributed by atoms with Crippen molar-refractivity contribution in [2.45, 2.75) is 57.9 Å². The van der Waals surface area contributed by atoms with E-state index in [4.69, 9.17) is 4.74 Å². The number of nitrogens with one attached hydrogen (secondary N) is 3. The van der Waals surface area contributed by atoms with E-state index in [2.05, 4.69) is 54.5 Å². The SMILES string of the molecule is COc1cc(N2CCN(C3CCN(C(C)C)CC3)CC2)ccc1Nc1ncc(C(F)(F)F)c(NCc2cccc3c2CC(=O)N3)n1. The molecule has 1 amide bonds. The lowest BCUT2D eigenvalue weighted by Crippen LogP contribution is -2.53. The number of nitrogens with zero attached hydrogens (tertiary/aromatic N) is 5. The number of aromatic nitrogens is 2. The summed E-state index contributed by atoms with van der Waals surface area (Å²) in [5, 5.41) is 8.63. The molecule has 3 aromatic rings. The highest BCUT2D eigenvalue weighted by Crippen LogP contribution is 2.37. The van der Waals surface area contributed by atoms with Gasteiger partial charge in [0.2, 0.25) is 11.9 Å². The van der Waals surface area contributed by atoms with Crippen molar-refractivity contribution in [1.29, 1.82) is 0 Å². The summed E-state index contributed by atoms with van der Waals surface area (Å²) in [7, 11) is 1.56. The van der Waals surface area contributed by atoms with Crippen molar-refractivity contribution in [3.63, 3.8) is 0 Å². The maximum atomic E-state index is 13.9. The Morgan fingerprint density at radius 2 is 1.83 bits per heavy atom. The summed E-state index contributed by atoms with van der Waals surface area (Å²) in [5.41, 5.74) is 2.73. The van der Waals surface area contributed by atoms with Crippen molar-refractivity contribution in [3.05, 3.63) is 59.3 Å². The number of piperazine rings is 1. The predicted molar refractivity (Wildman–Crippen MR) is 173 cm³/mol. The summed E-state index contributed by atoms with van der Waals surface area (Å²) < 4.78 is 47.4. The first-order chi connectivity index (χ1) is 22.1. The van der Waals surface area contributed by atoms with Crippen LogP contribution < -0.4 is 25.6 Å². The molecule has 0 aliphatic carbocycles. The van der Waals surface area contributed by atoms with Crippen LogP contribution in [0.1, 0.15) is 43.4 Å². The molecule has 0 spiro atoms. The van der Waals surface area contributed by atoms with Crippen molar-refractivity contribution in [3.8, 4) is 5.75 Å². The van der Waals surface area contributed by atoms with Crippen molar-refractivity contribution in [2.24, 2.45) is 0 Å². The minimum atomic E-state index is -4.66. The maximum absolute atomic E-state index is 13.9. The highest BCUT2D eigenvalue weighted by molar-refractivity contribution is 5.99. The Kier molecular flexibility index (Phi) is 9.23. The third kappa shape index (κ3) is 7.00. The van der Waals surface area contributed by atoms with Crippen LogP contribution in [0.15, 0.2) is 42.6 Å². The van der Waals surface area contributed by atoms with Gasteiger partial charge in [0.15, 0.2) is 0 Å². The van der Waals surface area contributed by atoms with Crippen LogP contribution in [0, 0.1) is 0 Å². The highest BCUT2D eigenvalue weighted by Gasteiger charge is 2.35. The van der Waals surface area contributed by atoms with E-state index in [1.165, 1.54) is 12.8 Å². The molecule has 6 rings (SSSR count). The monoisotopic (exact) mass is 638 g/mol. The van der Waals surface area contributed by atoms with E-state index in [9.17, 15) is 18.0 Å². The van der Waals surface area contributed by atoms with Crippen LogP contribution in [0.4, 0.5) is 42.0 Å². The topological polar surface area (TPSA) is 97.9 Å². The number of ether oxygens (including phenoxy) is 1. The first kappa shape index (κ1) is 31.9. The zero-order valence-corrected chi connectivity index (χ0v) is 26.5. The molecule has 13 heteroatoms. The molecule has 0 radical (unpaired) electrons. The van der Waals surface area contributed by atoms with Gasteiger partial charge in [0.1, 0.15) is 17.1 Å². The molecule has 46 heavy (non-hydrogen) atoms. The number of hydrogen-bond donors (Lipinski definition) is 3. The Labute approximate surface area is 267 Å². The van der Waals surface area contributed by atoms with Crippen LogP contribution in [-0.2, 0) is 23.9 Å². The second-order valence-electron chi connectivity index (χ2n) is 12.4. The number of anilines is 5. The fourth-order valence-electron chi connectivity index (χ4n) is 6.66. The number of fused-ring (bicyclic) bond motifs is 1. The second-order valence-corrected chi connectivity index (χ2v) is 12.4. The summed E-state index contributed by atoms with van der Waals surface area (Å²) in [5.74, 6) is 0.0278. The number of piperidine rings is 1. The number of halogens is 3. The van der Waals surface area contributed by atoms with Gasteiger partial charge in [-0.3, -0.25) is 9.69 Å². The molecule has 3 aliphatic rings. The lowest BCUT2D eigenvalue weighted by atomic mass is 10.0. The summed E-state index contributed by atoms with van der Waals surface area (Å²) in [4.78, 5) is 27.6. The number of rotatable bonds is 9. The first-order valence-electron chi connectivity index (χ1n) is 15.9. The number of methoxy groups -OCH3 is 1. The molecule has 0 bridgehead atoms. The first-order valence-corrected chi connectivity index (χ1v) is 15.9. The molecule has 0 atom stereocenters. The zero-order chi connectivity index (χ0) is 32.4. The van der Waals surface area contributed by atoms with Crippen LogP contribution in [0.5, 0.6) is 5.75 Å². The quantitative estimate of drug-likeness (QED) is 0.287. The average Bonchev–Trinajstić information content (AvgIpc) is 3.44. The van der Waals surface area contributed by atoms with Crippen molar-refractivity contribution < 1.29 is 22.7 Å². The smallest absolute Gasteiger partial charge is 0.421 e. The summed E-state index contributed by atoms with van der Waals surface area (Å²) in [6, 6.07) is 12.3. The molecule has 246 valence electrons. The van der Waals surface area contributed by atoms with Crippen molar-refractivity contribution in [2.75, 3.05) is 67.2 Å². The van der Waals surface area contributed by atoms with E-state index in [0.29, 0.717) is 34.8 Å². The van der Waals surface area contributed by atoms with E-state index in [-0.39, 0.29) is 30.6 Å². The van der Waals surface area contributed by atoms with Crippen LogP contribution in [0.25, 0.3) is 0 Å². The van der Waals surface area contributed by atoms with Crippen LogP contribution in [-0.4, -0.2) is 84.1 Å². The van der Waals surface area contributed by atoms with Gasteiger partial charge in [-0.1, -0.05) is 12.1 Å². The van der Waals surface area contributed by atoms with Gasteiger partial charge in [0.05, 0.1) is 19.2 Å². The van der Waals surface area contributed by atoms with Gasteiger partial charge in [-0.2, -0.15) is 18.2 Å². The van der Waals surface area contributed by atoms with E-state index in [1.807, 2.05) is 18.2 Å². The Hall–Kier alpha value is -4.10. The number of alkyl halides is 3. The maximum Gasteiger partial charge on any atom is 0.421 e. The van der Waals surface area contributed by atoms with Crippen LogP contribution in [0.2, 0.25) is 0 Å². The Morgan fingerprint density at radius 3 is 2.52 bits per heavy atom. The number of carbonyl (C=O) groups is 1. The number of benzene rings is 2. The molecule has 10 nitrogen and oxygen atoms in total. The lowest BCUT2D eigenvalue weighted by molar-refractivity contribution is -0.137. The van der Waals surface area contributed by atoms with Crippen molar-refractivity contribution in [1.82, 2.24) is 19.8 Å². The Balaban J connectivity index is 1.12. The summed E-state index contributed by atoms with van der Waals surface area (Å²) in [6.45, 7) is 10.7. The fraction of sp³-hybridized carbons (Fsp3) is 0.485. The van der Waals surface area contributed by atoms with Gasteiger partial charge in [-0.05, 0) is 69.1 Å². The molecule has 1 aromatic heterocycles. The molecular formula is C33H41F3N8O2. The largest absolute Gasteiger partial charge is 0.494 e. The average molecular weight is 639 g/mol. The van der Waals surface area contributed by atoms with Gasteiger partial charge in [-0.25, -0.2) is 4.98 Å². The van der Waals surface area contributed by atoms with Gasteiger partial charge >= 0.3 is 6.18 Å². The number of carbonyl (C=O) groups excluding carboxylic acids is 1. The minimum absolute atomic E-state index is 0.00573. The van der Waals surface area contributed by atoms with Gasteiger partial charge in [0.25, 0.3) is 0 Å². The molecular weight excluding hydrogens is 597 g/mol. The molecule has 4 heterocycles. The zero-order valence-electron chi connectivity index (χ0n) is 26.5. The Morgan fingerprint density at radius 1 is 1.07 bits per heavy atom. The second kappa shape index (κ2) is 13.3. The number of amides is 1. The van der Waals surface area contributed by atoms with Gasteiger partial charge < -0.3 is 30.5 Å². The minimum Gasteiger partial charge on any atom is -0.494 e. The molecule has 2 aromatic carbocycles. The van der Waals surface area contributed by atoms with Gasteiger partial charge in [-0.15, -0.1) is 0 Å². The molecule has 3 aliphatic heterocycles. The third-order valence-electron chi connectivity index (χ3n) is 9.28. The van der Waals surface area contributed by atoms with E-state index < -0.39 is 11.7 Å². The van der Waals surface area contributed by atoms with E-state index in [0.717, 1.165) is 56.7 Å². The third-order valence-corrected chi connectivity index (χ3v) is 9.28. The number of likely N-dealkylation sites (tertiary alicyclic amines) is 1. The molecule has 3 N–H and O–H groups in total. The number of hydrogen-bond acceptors (Lipinski definition) is 9. The molecule has 2 fully saturated rings. The van der Waals surface area contributed by atoms with Gasteiger partial charge in [0, 0.05) is 68.4 Å². The van der Waals surface area contributed by atoms with Crippen molar-refractivity contribution >= 4 is 34.7 Å². The fourth-order valence-corrected chi connectivity index (χ4v) is 6.66. The lowest BCUT2D eigenvalue weighted by Gasteiger charge is -2.44. The summed E-state index contributed by atoms with van der Waals surface area (Å²) >= 11 is 0. The van der Waals surface area contributed by atoms with Crippen LogP contribution >= 0.6 is 0 Å².